The van der Waals surface area contributed by atoms with Gasteiger partial charge in [-0.25, -0.2) is 5.01 Å². The van der Waals surface area contributed by atoms with E-state index < -0.39 is 0 Å². The zero-order chi connectivity index (χ0) is 12.0. The van der Waals surface area contributed by atoms with Gasteiger partial charge >= 0.3 is 0 Å². The molecule has 1 N–H and O–H groups in total. The van der Waals surface area contributed by atoms with Crippen LogP contribution in [0.3, 0.4) is 0 Å². The van der Waals surface area contributed by atoms with Crippen LogP contribution in [0.15, 0.2) is 24.3 Å². The summed E-state index contributed by atoms with van der Waals surface area (Å²) in [6.07, 6.45) is 0. The molecular weight excluding hydrogens is 208 g/mol. The van der Waals surface area contributed by atoms with Crippen molar-refractivity contribution < 1.29 is 14.3 Å². The fraction of sp³-hybridized carbons (Fsp3) is 0.364. The molecular formula is C11H16N2O3. The zero-order valence-electron chi connectivity index (χ0n) is 9.69. The fourth-order valence-electron chi connectivity index (χ4n) is 1.16. The SMILES string of the molecule is COc1ccccc1OCC(=O)NN(C)C. The molecule has 0 saturated carbocycles. The van der Waals surface area contributed by atoms with Crippen LogP contribution in [0.2, 0.25) is 0 Å². The summed E-state index contributed by atoms with van der Waals surface area (Å²) in [4.78, 5) is 11.3. The molecule has 0 unspecified atom stereocenters. The summed E-state index contributed by atoms with van der Waals surface area (Å²) in [5.74, 6) is 0.954. The van der Waals surface area contributed by atoms with Gasteiger partial charge in [0.05, 0.1) is 7.11 Å². The standard InChI is InChI=1S/C11H16N2O3/c1-13(2)12-11(14)8-16-10-7-5-4-6-9(10)15-3/h4-7H,8H2,1-3H3,(H,12,14). The molecule has 1 aromatic carbocycles. The van der Waals surface area contributed by atoms with Crippen molar-refractivity contribution in [3.05, 3.63) is 24.3 Å². The maximum Gasteiger partial charge on any atom is 0.272 e. The number of methoxy groups -OCH3 is 1. The number of para-hydroxylation sites is 2. The molecule has 1 rings (SSSR count). The summed E-state index contributed by atoms with van der Waals surface area (Å²) < 4.78 is 10.4. The third kappa shape index (κ3) is 3.78. The van der Waals surface area contributed by atoms with E-state index in [0.29, 0.717) is 11.5 Å². The van der Waals surface area contributed by atoms with Crippen LogP contribution in [-0.2, 0) is 4.79 Å². The summed E-state index contributed by atoms with van der Waals surface area (Å²) in [7, 11) is 5.03. The zero-order valence-corrected chi connectivity index (χ0v) is 9.69. The fourth-order valence-corrected chi connectivity index (χ4v) is 1.16. The molecule has 0 saturated heterocycles. The van der Waals surface area contributed by atoms with Gasteiger partial charge in [0.15, 0.2) is 18.1 Å². The molecule has 0 aliphatic rings. The number of hydrazine groups is 1. The van der Waals surface area contributed by atoms with Crippen molar-refractivity contribution in [2.24, 2.45) is 0 Å². The van der Waals surface area contributed by atoms with E-state index in [4.69, 9.17) is 9.47 Å². The van der Waals surface area contributed by atoms with Crippen LogP contribution in [0.25, 0.3) is 0 Å². The summed E-state index contributed by atoms with van der Waals surface area (Å²) in [5, 5.41) is 1.56. The predicted molar refractivity (Wildman–Crippen MR) is 60.3 cm³/mol. The summed E-state index contributed by atoms with van der Waals surface area (Å²) in [6, 6.07) is 7.19. The second-order valence-corrected chi connectivity index (χ2v) is 3.37. The van der Waals surface area contributed by atoms with E-state index in [-0.39, 0.29) is 12.5 Å². The first kappa shape index (κ1) is 12.3. The Hall–Kier alpha value is -1.75. The monoisotopic (exact) mass is 224 g/mol. The van der Waals surface area contributed by atoms with Gasteiger partial charge < -0.3 is 9.47 Å². The largest absolute Gasteiger partial charge is 0.493 e. The number of carbonyl (C=O) groups excluding carboxylic acids is 1. The van der Waals surface area contributed by atoms with Gasteiger partial charge in [-0.15, -0.1) is 0 Å². The first-order chi connectivity index (χ1) is 7.63. The molecule has 16 heavy (non-hydrogen) atoms. The predicted octanol–water partition coefficient (Wildman–Crippen LogP) is 0.667. The van der Waals surface area contributed by atoms with Crippen molar-refractivity contribution in [3.63, 3.8) is 0 Å². The van der Waals surface area contributed by atoms with Crippen molar-refractivity contribution in [3.8, 4) is 11.5 Å². The van der Waals surface area contributed by atoms with E-state index in [1.807, 2.05) is 12.1 Å². The van der Waals surface area contributed by atoms with Crippen LogP contribution in [0, 0.1) is 0 Å². The first-order valence-corrected chi connectivity index (χ1v) is 4.86. The van der Waals surface area contributed by atoms with E-state index in [9.17, 15) is 4.79 Å². The smallest absolute Gasteiger partial charge is 0.272 e. The topological polar surface area (TPSA) is 50.8 Å². The molecule has 88 valence electrons. The van der Waals surface area contributed by atoms with Crippen molar-refractivity contribution in [1.82, 2.24) is 10.4 Å². The Bertz CT molecular complexity index is 353. The number of amides is 1. The van der Waals surface area contributed by atoms with Gasteiger partial charge in [-0.2, -0.15) is 0 Å². The van der Waals surface area contributed by atoms with Gasteiger partial charge in [0.25, 0.3) is 5.91 Å². The molecule has 0 spiro atoms. The Labute approximate surface area is 94.9 Å². The van der Waals surface area contributed by atoms with Crippen LogP contribution in [-0.4, -0.2) is 38.7 Å². The van der Waals surface area contributed by atoms with Crippen LogP contribution in [0.1, 0.15) is 0 Å². The van der Waals surface area contributed by atoms with Gasteiger partial charge in [0, 0.05) is 14.1 Å². The van der Waals surface area contributed by atoms with Crippen molar-refractivity contribution in [2.75, 3.05) is 27.8 Å². The van der Waals surface area contributed by atoms with Crippen LogP contribution in [0.4, 0.5) is 0 Å². The van der Waals surface area contributed by atoms with Crippen molar-refractivity contribution >= 4 is 5.91 Å². The van der Waals surface area contributed by atoms with Gasteiger partial charge in [-0.1, -0.05) is 12.1 Å². The molecule has 5 heteroatoms. The molecule has 0 radical (unpaired) electrons. The molecule has 0 aromatic heterocycles. The quantitative estimate of drug-likeness (QED) is 0.747. The number of nitrogens with zero attached hydrogens (tertiary/aromatic N) is 1. The number of benzene rings is 1. The lowest BCUT2D eigenvalue weighted by atomic mass is 10.3. The highest BCUT2D eigenvalue weighted by Crippen LogP contribution is 2.25. The van der Waals surface area contributed by atoms with E-state index >= 15 is 0 Å². The molecule has 0 aliphatic heterocycles. The lowest BCUT2D eigenvalue weighted by Crippen LogP contribution is -2.39. The van der Waals surface area contributed by atoms with Gasteiger partial charge in [-0.05, 0) is 12.1 Å². The number of carbonyl (C=O) groups is 1. The van der Waals surface area contributed by atoms with Crippen LogP contribution < -0.4 is 14.9 Å². The number of ether oxygens (including phenoxy) is 2. The lowest BCUT2D eigenvalue weighted by Gasteiger charge is -2.13. The van der Waals surface area contributed by atoms with E-state index in [0.717, 1.165) is 0 Å². The van der Waals surface area contributed by atoms with Gasteiger partial charge in [-0.3, -0.25) is 10.2 Å². The van der Waals surface area contributed by atoms with Crippen molar-refractivity contribution in [2.45, 2.75) is 0 Å². The highest BCUT2D eigenvalue weighted by atomic mass is 16.5. The minimum Gasteiger partial charge on any atom is -0.493 e. The Morgan fingerprint density at radius 1 is 1.31 bits per heavy atom. The van der Waals surface area contributed by atoms with Crippen LogP contribution >= 0.6 is 0 Å². The Balaban J connectivity index is 2.51. The minimum atomic E-state index is -0.212. The highest BCUT2D eigenvalue weighted by Gasteiger charge is 2.06. The average Bonchev–Trinajstić information content (AvgIpc) is 2.26. The third-order valence-electron chi connectivity index (χ3n) is 1.78. The summed E-state index contributed by atoms with van der Waals surface area (Å²) >= 11 is 0. The molecule has 0 atom stereocenters. The van der Waals surface area contributed by atoms with Gasteiger partial charge in [0.2, 0.25) is 0 Å². The molecule has 0 aliphatic carbocycles. The number of hydrogen-bond donors (Lipinski definition) is 1. The molecule has 5 nitrogen and oxygen atoms in total. The molecule has 0 bridgehead atoms. The molecule has 1 aromatic rings. The van der Waals surface area contributed by atoms with Crippen molar-refractivity contribution in [1.29, 1.82) is 0 Å². The lowest BCUT2D eigenvalue weighted by molar-refractivity contribution is -0.126. The van der Waals surface area contributed by atoms with Crippen LogP contribution in [0.5, 0.6) is 11.5 Å². The molecule has 0 heterocycles. The Morgan fingerprint density at radius 2 is 1.94 bits per heavy atom. The Morgan fingerprint density at radius 3 is 2.50 bits per heavy atom. The highest BCUT2D eigenvalue weighted by molar-refractivity contribution is 5.77. The number of nitrogens with one attached hydrogen (secondary N) is 1. The molecule has 0 fully saturated rings. The van der Waals surface area contributed by atoms with E-state index in [2.05, 4.69) is 5.43 Å². The summed E-state index contributed by atoms with van der Waals surface area (Å²) in [5.41, 5.74) is 2.58. The molecule has 1 amide bonds. The summed E-state index contributed by atoms with van der Waals surface area (Å²) in [6.45, 7) is -0.0431. The van der Waals surface area contributed by atoms with E-state index in [1.165, 1.54) is 0 Å². The normalized spacial score (nSPS) is 10.0. The second kappa shape index (κ2) is 5.97. The average molecular weight is 224 g/mol. The third-order valence-corrected chi connectivity index (χ3v) is 1.78. The first-order valence-electron chi connectivity index (χ1n) is 4.86. The van der Waals surface area contributed by atoms with E-state index in [1.54, 1.807) is 38.3 Å². The maximum atomic E-state index is 11.3. The number of rotatable bonds is 5. The second-order valence-electron chi connectivity index (χ2n) is 3.37. The maximum absolute atomic E-state index is 11.3. The Kier molecular flexibility index (Phi) is 4.60. The van der Waals surface area contributed by atoms with Gasteiger partial charge in [0.1, 0.15) is 0 Å². The minimum absolute atomic E-state index is 0.0431. The number of hydrogen-bond acceptors (Lipinski definition) is 4.